The van der Waals surface area contributed by atoms with E-state index in [0.29, 0.717) is 28.3 Å². The van der Waals surface area contributed by atoms with Crippen LogP contribution >= 0.6 is 11.8 Å². The van der Waals surface area contributed by atoms with Crippen molar-refractivity contribution in [1.82, 2.24) is 25.0 Å². The van der Waals surface area contributed by atoms with Crippen molar-refractivity contribution in [2.45, 2.75) is 23.6 Å². The summed E-state index contributed by atoms with van der Waals surface area (Å²) >= 11 is 1.05. The lowest BCUT2D eigenvalue weighted by atomic mass is 10.3. The summed E-state index contributed by atoms with van der Waals surface area (Å²) in [5.41, 5.74) is 1.40. The molecule has 0 aliphatic heterocycles. The molecule has 0 saturated heterocycles. The monoisotopic (exact) mass is 332 g/mol. The van der Waals surface area contributed by atoms with Crippen LogP contribution in [-0.2, 0) is 4.79 Å². The Morgan fingerprint density at radius 3 is 2.74 bits per heavy atom. The number of fused-ring (bicyclic) bond motifs is 1. The number of aliphatic carboxylic acids is 1. The fourth-order valence-corrected chi connectivity index (χ4v) is 2.89. The number of thioether (sulfide) groups is 1. The van der Waals surface area contributed by atoms with Gasteiger partial charge in [-0.1, -0.05) is 23.9 Å². The fourth-order valence-electron chi connectivity index (χ4n) is 2.00. The molecule has 23 heavy (non-hydrogen) atoms. The van der Waals surface area contributed by atoms with Crippen LogP contribution in [-0.4, -0.2) is 36.2 Å². The number of hydrogen-bond acceptors (Lipinski definition) is 7. The topological polar surface area (TPSA) is 96.6 Å². The predicted molar refractivity (Wildman–Crippen MR) is 79.4 cm³/mol. The zero-order valence-corrected chi connectivity index (χ0v) is 12.8. The first-order chi connectivity index (χ1) is 11.1. The number of carbonyl (C=O) groups excluding carboxylic acids is 1. The number of halogens is 1. The molecule has 0 unspecified atom stereocenters. The number of carbonyl (C=O) groups is 1. The maximum absolute atomic E-state index is 13.0. The van der Waals surface area contributed by atoms with Crippen molar-refractivity contribution in [3.8, 4) is 5.69 Å². The van der Waals surface area contributed by atoms with Gasteiger partial charge in [0.1, 0.15) is 17.2 Å². The Bertz CT molecular complexity index is 852. The van der Waals surface area contributed by atoms with Gasteiger partial charge in [0.05, 0.1) is 16.9 Å². The molecule has 1 aromatic carbocycles. The first-order valence-electron chi connectivity index (χ1n) is 6.80. The molecule has 0 aliphatic carbocycles. The lowest BCUT2D eigenvalue weighted by molar-refractivity contribution is -0.304. The molecule has 7 nitrogen and oxygen atoms in total. The highest BCUT2D eigenvalue weighted by Gasteiger charge is 2.17. The average Bonchev–Trinajstić information content (AvgIpc) is 2.98. The quantitative estimate of drug-likeness (QED) is 0.507. The minimum Gasteiger partial charge on any atom is -0.549 e. The maximum atomic E-state index is 13.0. The molecule has 0 bridgehead atoms. The number of carboxylic acid groups (broad SMARTS) is 1. The molecule has 1 atom stereocenters. The first-order valence-corrected chi connectivity index (χ1v) is 7.68. The average molecular weight is 332 g/mol. The van der Waals surface area contributed by atoms with Gasteiger partial charge in [-0.3, -0.25) is 0 Å². The van der Waals surface area contributed by atoms with E-state index in [1.54, 1.807) is 19.1 Å². The Balaban J connectivity index is 2.03. The molecule has 0 amide bonds. The molecule has 3 aromatic rings. The number of nitrogens with zero attached hydrogens (tertiary/aromatic N) is 5. The van der Waals surface area contributed by atoms with Crippen molar-refractivity contribution >= 4 is 28.9 Å². The molecular weight excluding hydrogens is 321 g/mol. The predicted octanol–water partition coefficient (Wildman–Crippen LogP) is 0.970. The molecule has 2 heterocycles. The maximum Gasteiger partial charge on any atom is 0.187 e. The molecule has 9 heteroatoms. The van der Waals surface area contributed by atoms with Crippen molar-refractivity contribution < 1.29 is 14.3 Å². The van der Waals surface area contributed by atoms with Gasteiger partial charge in [-0.2, -0.15) is 4.68 Å². The van der Waals surface area contributed by atoms with E-state index >= 15 is 0 Å². The smallest absolute Gasteiger partial charge is 0.187 e. The van der Waals surface area contributed by atoms with Crippen molar-refractivity contribution in [1.29, 1.82) is 0 Å². The summed E-state index contributed by atoms with van der Waals surface area (Å²) in [6.07, 6.45) is 1.71. The van der Waals surface area contributed by atoms with E-state index < -0.39 is 11.2 Å². The van der Waals surface area contributed by atoms with Gasteiger partial charge in [-0.05, 0) is 30.7 Å². The summed E-state index contributed by atoms with van der Waals surface area (Å²) in [5.74, 6) is -1.51. The van der Waals surface area contributed by atoms with Crippen LogP contribution in [0, 0.1) is 5.82 Å². The zero-order chi connectivity index (χ0) is 16.4. The van der Waals surface area contributed by atoms with Crippen molar-refractivity contribution in [3.05, 3.63) is 36.4 Å². The Kier molecular flexibility index (Phi) is 4.20. The highest BCUT2D eigenvalue weighted by atomic mass is 32.2. The van der Waals surface area contributed by atoms with E-state index in [1.165, 1.54) is 23.1 Å². The second-order valence-electron chi connectivity index (χ2n) is 4.66. The summed E-state index contributed by atoms with van der Waals surface area (Å²) in [6.45, 7) is 1.75. The molecule has 0 spiro atoms. The summed E-state index contributed by atoms with van der Waals surface area (Å²) in [6, 6.07) is 5.72. The van der Waals surface area contributed by atoms with Crippen LogP contribution in [0.25, 0.3) is 16.9 Å². The van der Waals surface area contributed by atoms with E-state index in [-0.39, 0.29) is 5.82 Å². The largest absolute Gasteiger partial charge is 0.549 e. The highest BCUT2D eigenvalue weighted by molar-refractivity contribution is 8.00. The van der Waals surface area contributed by atoms with Gasteiger partial charge >= 0.3 is 0 Å². The van der Waals surface area contributed by atoms with Crippen LogP contribution in [0.5, 0.6) is 0 Å². The van der Waals surface area contributed by atoms with Crippen LogP contribution in [0.4, 0.5) is 4.39 Å². The van der Waals surface area contributed by atoms with Gasteiger partial charge in [-0.15, -0.1) is 5.10 Å². The minimum absolute atomic E-state index is 0.358. The molecule has 0 saturated carbocycles. The van der Waals surface area contributed by atoms with E-state index in [9.17, 15) is 14.3 Å². The van der Waals surface area contributed by atoms with Crippen LogP contribution in [0.2, 0.25) is 0 Å². The van der Waals surface area contributed by atoms with E-state index in [1.807, 2.05) is 0 Å². The third-order valence-corrected chi connectivity index (χ3v) is 4.50. The van der Waals surface area contributed by atoms with Crippen molar-refractivity contribution in [2.75, 3.05) is 0 Å². The SMILES string of the molecule is CC[C@@H](Sc1ncnc2c1nnn2-c1ccc(F)cc1)C(=O)[O-]. The molecule has 2 aromatic heterocycles. The summed E-state index contributed by atoms with van der Waals surface area (Å²) in [4.78, 5) is 19.3. The third kappa shape index (κ3) is 3.00. The van der Waals surface area contributed by atoms with Crippen molar-refractivity contribution in [3.63, 3.8) is 0 Å². The third-order valence-electron chi connectivity index (χ3n) is 3.16. The number of rotatable bonds is 5. The van der Waals surface area contributed by atoms with Crippen LogP contribution in [0.1, 0.15) is 13.3 Å². The number of hydrogen-bond donors (Lipinski definition) is 0. The highest BCUT2D eigenvalue weighted by Crippen LogP contribution is 2.28. The lowest BCUT2D eigenvalue weighted by Crippen LogP contribution is -2.33. The Labute approximate surface area is 134 Å². The van der Waals surface area contributed by atoms with Crippen LogP contribution < -0.4 is 5.11 Å². The van der Waals surface area contributed by atoms with Gasteiger partial charge < -0.3 is 9.90 Å². The van der Waals surface area contributed by atoms with E-state index in [2.05, 4.69) is 20.3 Å². The minimum atomic E-state index is -1.16. The Morgan fingerprint density at radius 2 is 2.09 bits per heavy atom. The number of benzene rings is 1. The van der Waals surface area contributed by atoms with Gasteiger partial charge in [0.15, 0.2) is 11.2 Å². The number of carboxylic acids is 1. The first kappa shape index (κ1) is 15.3. The fraction of sp³-hybridized carbons (Fsp3) is 0.214. The number of aromatic nitrogens is 5. The van der Waals surface area contributed by atoms with Crippen LogP contribution in [0.15, 0.2) is 35.6 Å². The molecule has 0 fully saturated rings. The molecule has 0 radical (unpaired) electrons. The van der Waals surface area contributed by atoms with Crippen molar-refractivity contribution in [2.24, 2.45) is 0 Å². The normalized spacial score (nSPS) is 12.4. The van der Waals surface area contributed by atoms with Gasteiger partial charge in [-0.25, -0.2) is 14.4 Å². The lowest BCUT2D eigenvalue weighted by Gasteiger charge is -2.14. The van der Waals surface area contributed by atoms with Crippen LogP contribution in [0.3, 0.4) is 0 Å². The van der Waals surface area contributed by atoms with Gasteiger partial charge in [0.2, 0.25) is 0 Å². The van der Waals surface area contributed by atoms with E-state index in [4.69, 9.17) is 0 Å². The summed E-state index contributed by atoms with van der Waals surface area (Å²) in [5, 5.41) is 18.8. The summed E-state index contributed by atoms with van der Waals surface area (Å²) < 4.78 is 14.5. The second kappa shape index (κ2) is 6.29. The Morgan fingerprint density at radius 1 is 1.35 bits per heavy atom. The van der Waals surface area contributed by atoms with Gasteiger partial charge in [0.25, 0.3) is 0 Å². The molecule has 118 valence electrons. The molecule has 3 rings (SSSR count). The molecule has 0 aliphatic rings. The van der Waals surface area contributed by atoms with E-state index in [0.717, 1.165) is 11.8 Å². The summed E-state index contributed by atoms with van der Waals surface area (Å²) in [7, 11) is 0. The molecule has 0 N–H and O–H groups in total. The van der Waals surface area contributed by atoms with Gasteiger partial charge in [0, 0.05) is 0 Å². The molecular formula is C14H11FN5O2S-. The standard InChI is InChI=1S/C14H12FN5O2S/c1-2-10(14(21)22)23-13-11-12(16-7-17-13)20(19-18-11)9-5-3-8(15)4-6-9/h3-7,10H,2H2,1H3,(H,21,22)/p-1/t10-/m1/s1. The zero-order valence-electron chi connectivity index (χ0n) is 12.0. The Hall–Kier alpha value is -2.55. The second-order valence-corrected chi connectivity index (χ2v) is 5.85.